The van der Waals surface area contributed by atoms with Crippen LogP contribution in [0.3, 0.4) is 0 Å². The Morgan fingerprint density at radius 1 is 1.56 bits per heavy atom. The molecule has 1 atom stereocenters. The molecule has 1 aromatic rings. The van der Waals surface area contributed by atoms with Crippen molar-refractivity contribution >= 4 is 18.3 Å². The minimum absolute atomic E-state index is 0. The highest BCUT2D eigenvalue weighted by Crippen LogP contribution is 2.09. The van der Waals surface area contributed by atoms with Crippen molar-refractivity contribution in [1.29, 1.82) is 0 Å². The van der Waals surface area contributed by atoms with Gasteiger partial charge in [-0.2, -0.15) is 0 Å². The van der Waals surface area contributed by atoms with E-state index in [0.29, 0.717) is 17.7 Å². The molecule has 1 rings (SSSR count). The number of benzene rings is 1. The van der Waals surface area contributed by atoms with Crippen LogP contribution in [0.4, 0.5) is 4.39 Å². The average molecular weight is 247 g/mol. The number of amides is 1. The monoisotopic (exact) mass is 246 g/mol. The van der Waals surface area contributed by atoms with Gasteiger partial charge in [0.1, 0.15) is 5.82 Å². The number of halogens is 2. The summed E-state index contributed by atoms with van der Waals surface area (Å²) >= 11 is 0. The zero-order valence-corrected chi connectivity index (χ0v) is 10.1. The number of nitrogens with two attached hydrogens (primary N) is 1. The van der Waals surface area contributed by atoms with Crippen LogP contribution in [-0.4, -0.2) is 18.5 Å². The first-order valence-electron chi connectivity index (χ1n) is 4.81. The number of aryl methyl sites for hydroxylation is 1. The average Bonchev–Trinajstić information content (AvgIpc) is 2.21. The van der Waals surface area contributed by atoms with Gasteiger partial charge in [0.2, 0.25) is 0 Å². The van der Waals surface area contributed by atoms with Crippen molar-refractivity contribution in [3.63, 3.8) is 0 Å². The molecule has 1 aromatic carbocycles. The smallest absolute Gasteiger partial charge is 0.251 e. The van der Waals surface area contributed by atoms with Crippen LogP contribution in [-0.2, 0) is 0 Å². The summed E-state index contributed by atoms with van der Waals surface area (Å²) in [6, 6.07) is 4.19. The molecule has 0 aliphatic rings. The van der Waals surface area contributed by atoms with Crippen molar-refractivity contribution in [2.75, 3.05) is 6.54 Å². The topological polar surface area (TPSA) is 55.1 Å². The van der Waals surface area contributed by atoms with E-state index in [-0.39, 0.29) is 30.2 Å². The molecular formula is C11H16ClFN2O. The Morgan fingerprint density at radius 2 is 2.19 bits per heavy atom. The molecule has 0 aliphatic carbocycles. The van der Waals surface area contributed by atoms with Gasteiger partial charge >= 0.3 is 0 Å². The van der Waals surface area contributed by atoms with Gasteiger partial charge in [0, 0.05) is 18.2 Å². The number of nitrogens with one attached hydrogen (secondary N) is 1. The Balaban J connectivity index is 0.00000225. The molecule has 0 heterocycles. The lowest BCUT2D eigenvalue weighted by molar-refractivity contribution is 0.0941. The Hall–Kier alpha value is -1.13. The van der Waals surface area contributed by atoms with E-state index in [2.05, 4.69) is 5.32 Å². The lowest BCUT2D eigenvalue weighted by atomic mass is 10.1. The number of rotatable bonds is 3. The molecule has 0 aromatic heterocycles. The fourth-order valence-electron chi connectivity index (χ4n) is 1.15. The summed E-state index contributed by atoms with van der Waals surface area (Å²) in [5, 5.41) is 2.71. The Morgan fingerprint density at radius 3 is 2.69 bits per heavy atom. The van der Waals surface area contributed by atoms with Gasteiger partial charge in [0.15, 0.2) is 0 Å². The van der Waals surface area contributed by atoms with Gasteiger partial charge < -0.3 is 11.1 Å². The largest absolute Gasteiger partial charge is 0.348 e. The maximum atomic E-state index is 12.9. The summed E-state index contributed by atoms with van der Waals surface area (Å²) in [6.07, 6.45) is 0. The van der Waals surface area contributed by atoms with Crippen LogP contribution >= 0.6 is 12.4 Å². The van der Waals surface area contributed by atoms with Gasteiger partial charge in [-0.3, -0.25) is 4.79 Å². The molecule has 0 saturated heterocycles. The number of hydrogen-bond acceptors (Lipinski definition) is 2. The third kappa shape index (κ3) is 3.79. The summed E-state index contributed by atoms with van der Waals surface area (Å²) in [7, 11) is 0. The van der Waals surface area contributed by atoms with Crippen LogP contribution in [0.2, 0.25) is 0 Å². The Labute approximate surface area is 101 Å². The molecule has 0 spiro atoms. The molecule has 0 unspecified atom stereocenters. The van der Waals surface area contributed by atoms with Crippen molar-refractivity contribution in [1.82, 2.24) is 5.32 Å². The minimum Gasteiger partial charge on any atom is -0.348 e. The Kier molecular flexibility index (Phi) is 6.00. The molecule has 3 nitrogen and oxygen atoms in total. The highest BCUT2D eigenvalue weighted by Gasteiger charge is 2.09. The van der Waals surface area contributed by atoms with Crippen LogP contribution in [0.15, 0.2) is 18.2 Å². The normalized spacial score (nSPS) is 11.5. The Bertz CT molecular complexity index is 371. The molecule has 3 N–H and O–H groups in total. The standard InChI is InChI=1S/C11H15FN2O.ClH/c1-7-5-9(3-4-10(7)12)11(15)14-8(2)6-13;/h3-5,8H,6,13H2,1-2H3,(H,14,15);1H/t8-;/m0./s1. The summed E-state index contributed by atoms with van der Waals surface area (Å²) < 4.78 is 12.9. The van der Waals surface area contributed by atoms with Crippen molar-refractivity contribution < 1.29 is 9.18 Å². The quantitative estimate of drug-likeness (QED) is 0.852. The first-order chi connectivity index (χ1) is 7.04. The van der Waals surface area contributed by atoms with E-state index < -0.39 is 0 Å². The molecule has 0 fully saturated rings. The van der Waals surface area contributed by atoms with Gasteiger partial charge in [-0.25, -0.2) is 4.39 Å². The molecule has 5 heteroatoms. The molecule has 90 valence electrons. The predicted molar refractivity (Wildman–Crippen MR) is 64.4 cm³/mol. The van der Waals surface area contributed by atoms with Crippen LogP contribution in [0, 0.1) is 12.7 Å². The van der Waals surface area contributed by atoms with E-state index in [0.717, 1.165) is 0 Å². The van der Waals surface area contributed by atoms with E-state index >= 15 is 0 Å². The fourth-order valence-corrected chi connectivity index (χ4v) is 1.15. The van der Waals surface area contributed by atoms with E-state index in [1.165, 1.54) is 18.2 Å². The molecule has 0 bridgehead atoms. The second-order valence-corrected chi connectivity index (χ2v) is 3.57. The van der Waals surface area contributed by atoms with Crippen LogP contribution in [0.1, 0.15) is 22.8 Å². The van der Waals surface area contributed by atoms with Crippen LogP contribution < -0.4 is 11.1 Å². The highest BCUT2D eigenvalue weighted by molar-refractivity contribution is 5.94. The maximum absolute atomic E-state index is 12.9. The zero-order valence-electron chi connectivity index (χ0n) is 9.29. The summed E-state index contributed by atoms with van der Waals surface area (Å²) in [5.41, 5.74) is 6.29. The predicted octanol–water partition coefficient (Wildman–Crippen LogP) is 1.63. The minimum atomic E-state index is -0.307. The molecule has 0 aliphatic heterocycles. The molecule has 0 saturated carbocycles. The first-order valence-corrected chi connectivity index (χ1v) is 4.81. The fraction of sp³-hybridized carbons (Fsp3) is 0.364. The van der Waals surface area contributed by atoms with E-state index in [1.54, 1.807) is 6.92 Å². The molecule has 16 heavy (non-hydrogen) atoms. The maximum Gasteiger partial charge on any atom is 0.251 e. The third-order valence-corrected chi connectivity index (χ3v) is 2.15. The second kappa shape index (κ2) is 6.45. The highest BCUT2D eigenvalue weighted by atomic mass is 35.5. The lowest BCUT2D eigenvalue weighted by Gasteiger charge is -2.11. The van der Waals surface area contributed by atoms with Gasteiger partial charge in [-0.05, 0) is 37.6 Å². The lowest BCUT2D eigenvalue weighted by Crippen LogP contribution is -2.37. The van der Waals surface area contributed by atoms with Gasteiger partial charge in [-0.15, -0.1) is 12.4 Å². The van der Waals surface area contributed by atoms with Crippen LogP contribution in [0.5, 0.6) is 0 Å². The van der Waals surface area contributed by atoms with E-state index in [4.69, 9.17) is 5.73 Å². The molecule has 1 amide bonds. The summed E-state index contributed by atoms with van der Waals surface area (Å²) in [6.45, 7) is 3.82. The second-order valence-electron chi connectivity index (χ2n) is 3.57. The van der Waals surface area contributed by atoms with Crippen molar-refractivity contribution in [3.8, 4) is 0 Å². The SMILES string of the molecule is Cc1cc(C(=O)N[C@@H](C)CN)ccc1F.Cl. The number of carbonyl (C=O) groups is 1. The first kappa shape index (κ1) is 14.9. The van der Waals surface area contributed by atoms with Crippen molar-refractivity contribution in [3.05, 3.63) is 35.1 Å². The zero-order chi connectivity index (χ0) is 11.4. The van der Waals surface area contributed by atoms with Crippen molar-refractivity contribution in [2.45, 2.75) is 19.9 Å². The van der Waals surface area contributed by atoms with Gasteiger partial charge in [-0.1, -0.05) is 0 Å². The van der Waals surface area contributed by atoms with Gasteiger partial charge in [0.05, 0.1) is 0 Å². The third-order valence-electron chi connectivity index (χ3n) is 2.15. The van der Waals surface area contributed by atoms with E-state index in [1.807, 2.05) is 6.92 Å². The number of carbonyl (C=O) groups excluding carboxylic acids is 1. The molecule has 0 radical (unpaired) electrons. The number of hydrogen-bond donors (Lipinski definition) is 2. The van der Waals surface area contributed by atoms with Crippen molar-refractivity contribution in [2.24, 2.45) is 5.73 Å². The summed E-state index contributed by atoms with van der Waals surface area (Å²) in [5.74, 6) is -0.533. The van der Waals surface area contributed by atoms with Crippen LogP contribution in [0.25, 0.3) is 0 Å². The van der Waals surface area contributed by atoms with E-state index in [9.17, 15) is 9.18 Å². The molecular weight excluding hydrogens is 231 g/mol. The summed E-state index contributed by atoms with van der Waals surface area (Å²) in [4.78, 5) is 11.6. The van der Waals surface area contributed by atoms with Gasteiger partial charge in [0.25, 0.3) is 5.91 Å².